The number of amides is 1. The van der Waals surface area contributed by atoms with Crippen molar-refractivity contribution in [3.63, 3.8) is 0 Å². The van der Waals surface area contributed by atoms with E-state index < -0.39 is 29.9 Å². The molecule has 0 aliphatic carbocycles. The second kappa shape index (κ2) is 9.80. The van der Waals surface area contributed by atoms with E-state index in [4.69, 9.17) is 9.47 Å². The molecule has 3 heterocycles. The van der Waals surface area contributed by atoms with Gasteiger partial charge in [-0.05, 0) is 39.0 Å². The van der Waals surface area contributed by atoms with E-state index in [-0.39, 0.29) is 17.6 Å². The number of halogens is 3. The van der Waals surface area contributed by atoms with E-state index in [0.29, 0.717) is 36.4 Å². The van der Waals surface area contributed by atoms with Crippen molar-refractivity contribution < 1.29 is 32.2 Å². The van der Waals surface area contributed by atoms with Crippen LogP contribution in [0.1, 0.15) is 27.2 Å². The molecular weight excluding hydrogens is 467 g/mol. The number of pyridine rings is 1. The summed E-state index contributed by atoms with van der Waals surface area (Å²) in [5.74, 6) is -0.951. The number of anilines is 2. The smallest absolute Gasteiger partial charge is 0.410 e. The van der Waals surface area contributed by atoms with Gasteiger partial charge in [-0.25, -0.2) is 24.1 Å². The quantitative estimate of drug-likeness (QED) is 0.520. The van der Waals surface area contributed by atoms with Gasteiger partial charge in [-0.3, -0.25) is 0 Å². The third-order valence-electron chi connectivity index (χ3n) is 4.95. The van der Waals surface area contributed by atoms with Crippen LogP contribution in [0.2, 0.25) is 0 Å². The first kappa shape index (κ1) is 24.3. The number of carbonyl (C=O) groups is 1. The van der Waals surface area contributed by atoms with Gasteiger partial charge >= 0.3 is 12.7 Å². The van der Waals surface area contributed by atoms with Crippen molar-refractivity contribution in [2.24, 2.45) is 0 Å². The first-order chi connectivity index (χ1) is 16.6. The number of likely N-dealkylation sites (tertiary alicyclic amines) is 1. The molecular formula is C23H24F3N5O4. The van der Waals surface area contributed by atoms with Crippen LogP contribution in [0.5, 0.6) is 11.6 Å². The van der Waals surface area contributed by atoms with E-state index in [9.17, 15) is 18.0 Å². The Kier molecular flexibility index (Phi) is 6.81. The largest absolute Gasteiger partial charge is 0.472 e. The Labute approximate surface area is 199 Å². The van der Waals surface area contributed by atoms with E-state index >= 15 is 0 Å². The lowest BCUT2D eigenvalue weighted by Crippen LogP contribution is -2.36. The van der Waals surface area contributed by atoms with Gasteiger partial charge in [0.2, 0.25) is 5.88 Å². The van der Waals surface area contributed by atoms with Gasteiger partial charge in [-0.2, -0.15) is 8.78 Å². The van der Waals surface area contributed by atoms with Gasteiger partial charge in [0, 0.05) is 30.8 Å². The minimum atomic E-state index is -3.13. The summed E-state index contributed by atoms with van der Waals surface area (Å²) in [6.45, 7) is 3.15. The van der Waals surface area contributed by atoms with Crippen molar-refractivity contribution in [3.8, 4) is 11.6 Å². The first-order valence-electron chi connectivity index (χ1n) is 10.8. The molecule has 1 aliphatic rings. The average molecular weight is 491 g/mol. The van der Waals surface area contributed by atoms with E-state index in [1.54, 1.807) is 17.0 Å². The maximum absolute atomic E-state index is 14.1. The summed E-state index contributed by atoms with van der Waals surface area (Å²) in [7, 11) is 0. The molecule has 0 bridgehead atoms. The highest BCUT2D eigenvalue weighted by molar-refractivity contribution is 5.87. The third kappa shape index (κ3) is 6.19. The Morgan fingerprint density at radius 1 is 1.20 bits per heavy atom. The molecule has 3 aromatic rings. The molecule has 0 radical (unpaired) electrons. The van der Waals surface area contributed by atoms with E-state index in [1.165, 1.54) is 12.4 Å². The summed E-state index contributed by atoms with van der Waals surface area (Å²) in [6, 6.07) is 6.83. The number of ether oxygens (including phenoxy) is 3. The molecule has 0 saturated carbocycles. The van der Waals surface area contributed by atoms with Crippen LogP contribution in [0.3, 0.4) is 0 Å². The molecule has 1 fully saturated rings. The van der Waals surface area contributed by atoms with Gasteiger partial charge in [0.15, 0.2) is 17.4 Å². The summed E-state index contributed by atoms with van der Waals surface area (Å²) in [6.07, 6.45) is 1.26. The molecule has 1 atom stereocenters. The molecule has 1 amide bonds. The maximum Gasteiger partial charge on any atom is 0.410 e. The second-order valence-electron chi connectivity index (χ2n) is 8.84. The SMILES string of the molecule is CC(C)(C)OC(=O)N1CC[C@H](Oc2ccc3ncnc(Nc4ccc(OC(F)F)c(F)c4)c3n2)C1. The highest BCUT2D eigenvalue weighted by Gasteiger charge is 2.31. The minimum Gasteiger partial charge on any atom is -0.472 e. The molecule has 4 rings (SSSR count). The number of carbonyl (C=O) groups excluding carboxylic acids is 1. The highest BCUT2D eigenvalue weighted by atomic mass is 19.3. The molecule has 9 nitrogen and oxygen atoms in total. The zero-order valence-electron chi connectivity index (χ0n) is 19.3. The second-order valence-corrected chi connectivity index (χ2v) is 8.84. The topological polar surface area (TPSA) is 98.7 Å². The Hall–Kier alpha value is -3.83. The van der Waals surface area contributed by atoms with Gasteiger partial charge in [-0.15, -0.1) is 0 Å². The predicted octanol–water partition coefficient (Wildman–Crippen LogP) is 4.90. The molecule has 1 aliphatic heterocycles. The summed E-state index contributed by atoms with van der Waals surface area (Å²) in [4.78, 5) is 26.7. The number of fused-ring (bicyclic) bond motifs is 1. The number of aromatic nitrogens is 3. The molecule has 1 saturated heterocycles. The molecule has 1 N–H and O–H groups in total. The number of alkyl halides is 2. The minimum absolute atomic E-state index is 0.251. The van der Waals surface area contributed by atoms with Crippen LogP contribution in [0.25, 0.3) is 11.0 Å². The normalized spacial score (nSPS) is 16.0. The fraction of sp³-hybridized carbons (Fsp3) is 0.391. The zero-order chi connectivity index (χ0) is 25.2. The summed E-state index contributed by atoms with van der Waals surface area (Å²) >= 11 is 0. The van der Waals surface area contributed by atoms with Gasteiger partial charge in [0.05, 0.1) is 12.1 Å². The Balaban J connectivity index is 1.48. The van der Waals surface area contributed by atoms with Crippen LogP contribution < -0.4 is 14.8 Å². The van der Waals surface area contributed by atoms with Gasteiger partial charge < -0.3 is 24.4 Å². The number of nitrogens with one attached hydrogen (secondary N) is 1. The van der Waals surface area contributed by atoms with Crippen LogP contribution in [-0.4, -0.2) is 57.4 Å². The monoisotopic (exact) mass is 491 g/mol. The van der Waals surface area contributed by atoms with E-state index in [1.807, 2.05) is 20.8 Å². The summed E-state index contributed by atoms with van der Waals surface area (Å²) < 4.78 is 54.3. The Morgan fingerprint density at radius 2 is 2.00 bits per heavy atom. The summed E-state index contributed by atoms with van der Waals surface area (Å²) in [5.41, 5.74) is 0.537. The molecule has 0 unspecified atom stereocenters. The van der Waals surface area contributed by atoms with E-state index in [2.05, 4.69) is 25.0 Å². The number of nitrogens with zero attached hydrogens (tertiary/aromatic N) is 4. The fourth-order valence-corrected chi connectivity index (χ4v) is 3.47. The van der Waals surface area contributed by atoms with E-state index in [0.717, 1.165) is 12.1 Å². The van der Waals surface area contributed by atoms with Crippen LogP contribution in [0.4, 0.5) is 29.5 Å². The van der Waals surface area contributed by atoms with Gasteiger partial charge in [0.25, 0.3) is 0 Å². The number of hydrogen-bond donors (Lipinski definition) is 1. The van der Waals surface area contributed by atoms with Crippen molar-refractivity contribution in [3.05, 3.63) is 42.5 Å². The number of hydrogen-bond acceptors (Lipinski definition) is 8. The third-order valence-corrected chi connectivity index (χ3v) is 4.95. The van der Waals surface area contributed by atoms with Crippen LogP contribution in [0.15, 0.2) is 36.7 Å². The highest BCUT2D eigenvalue weighted by Crippen LogP contribution is 2.28. The Morgan fingerprint density at radius 3 is 2.71 bits per heavy atom. The molecule has 1 aromatic carbocycles. The van der Waals surface area contributed by atoms with Crippen molar-refractivity contribution in [1.82, 2.24) is 19.9 Å². The molecule has 186 valence electrons. The maximum atomic E-state index is 14.1. The van der Waals surface area contributed by atoms with Crippen molar-refractivity contribution in [1.29, 1.82) is 0 Å². The average Bonchev–Trinajstić information content (AvgIpc) is 3.23. The van der Waals surface area contributed by atoms with Gasteiger partial charge in [-0.1, -0.05) is 0 Å². The van der Waals surface area contributed by atoms with Crippen LogP contribution in [0, 0.1) is 5.82 Å². The molecule has 2 aromatic heterocycles. The lowest BCUT2D eigenvalue weighted by atomic mass is 10.2. The number of benzene rings is 1. The van der Waals surface area contributed by atoms with Crippen molar-refractivity contribution in [2.75, 3.05) is 18.4 Å². The number of rotatable bonds is 6. The summed E-state index contributed by atoms with van der Waals surface area (Å²) in [5, 5.41) is 2.91. The lowest BCUT2D eigenvalue weighted by Gasteiger charge is -2.24. The van der Waals surface area contributed by atoms with Crippen molar-refractivity contribution >= 4 is 28.6 Å². The van der Waals surface area contributed by atoms with Crippen LogP contribution >= 0.6 is 0 Å². The standard InChI is InChI=1S/C23H24F3N5O4/c1-23(2,3)35-22(32)31-9-8-14(11-31)33-18-7-5-16-19(30-18)20(28-12-27-16)29-13-4-6-17(15(24)10-13)34-21(25)26/h4-7,10,12,14,21H,8-9,11H2,1-3H3,(H,27,28,29)/t14-/m0/s1. The zero-order valence-corrected chi connectivity index (χ0v) is 19.3. The lowest BCUT2D eigenvalue weighted by molar-refractivity contribution is -0.0521. The predicted molar refractivity (Wildman–Crippen MR) is 120 cm³/mol. The first-order valence-corrected chi connectivity index (χ1v) is 10.8. The molecule has 12 heteroatoms. The molecule has 35 heavy (non-hydrogen) atoms. The van der Waals surface area contributed by atoms with Gasteiger partial charge in [0.1, 0.15) is 23.5 Å². The Bertz CT molecular complexity index is 1220. The fourth-order valence-electron chi connectivity index (χ4n) is 3.47. The van der Waals surface area contributed by atoms with Crippen molar-refractivity contribution in [2.45, 2.75) is 45.5 Å². The molecule has 0 spiro atoms. The van der Waals surface area contributed by atoms with Crippen LogP contribution in [-0.2, 0) is 4.74 Å².